The van der Waals surface area contributed by atoms with Crippen LogP contribution in [-0.2, 0) is 27.1 Å². The lowest BCUT2D eigenvalue weighted by Gasteiger charge is -2.30. The highest BCUT2D eigenvalue weighted by Crippen LogP contribution is 2.40. The average molecular weight is 407 g/mol. The molecule has 0 bridgehead atoms. The van der Waals surface area contributed by atoms with Crippen LogP contribution in [0.1, 0.15) is 56.3 Å². The fraction of sp³-hybridized carbons (Fsp3) is 0.375. The number of ketones is 3. The van der Waals surface area contributed by atoms with Crippen molar-refractivity contribution >= 4 is 23.0 Å². The maximum atomic E-state index is 13.4. The quantitative estimate of drug-likeness (QED) is 0.632. The van der Waals surface area contributed by atoms with E-state index in [2.05, 4.69) is 5.32 Å². The summed E-state index contributed by atoms with van der Waals surface area (Å²) in [6.07, 6.45) is 1.49. The minimum atomic E-state index is -0.509. The first kappa shape index (κ1) is 20.4. The molecule has 0 saturated carbocycles. The SMILES string of the molecule is COC(CNc1c2c(cc3c1C(=O)c1ccccc1C3=O)CCC(C(C)=O)C2)OC. The van der Waals surface area contributed by atoms with Gasteiger partial charge in [0.15, 0.2) is 17.9 Å². The molecule has 0 aromatic heterocycles. The maximum absolute atomic E-state index is 13.4. The average Bonchev–Trinajstić information content (AvgIpc) is 2.77. The summed E-state index contributed by atoms with van der Waals surface area (Å²) >= 11 is 0. The molecule has 2 aliphatic carbocycles. The smallest absolute Gasteiger partial charge is 0.196 e. The zero-order valence-electron chi connectivity index (χ0n) is 17.4. The van der Waals surface area contributed by atoms with Gasteiger partial charge in [0.25, 0.3) is 0 Å². The lowest BCUT2D eigenvalue weighted by molar-refractivity contribution is -0.121. The van der Waals surface area contributed by atoms with E-state index in [4.69, 9.17) is 9.47 Å². The molecule has 4 rings (SSSR count). The Balaban J connectivity index is 1.88. The van der Waals surface area contributed by atoms with Crippen molar-refractivity contribution in [1.82, 2.24) is 0 Å². The lowest BCUT2D eigenvalue weighted by atomic mass is 9.75. The number of aryl methyl sites for hydroxylation is 1. The summed E-state index contributed by atoms with van der Waals surface area (Å²) in [5.74, 6) is -0.265. The van der Waals surface area contributed by atoms with Crippen molar-refractivity contribution in [1.29, 1.82) is 0 Å². The molecule has 0 heterocycles. The molecule has 6 heteroatoms. The van der Waals surface area contributed by atoms with Crippen LogP contribution in [-0.4, -0.2) is 44.4 Å². The Kier molecular flexibility index (Phi) is 5.54. The number of nitrogens with one attached hydrogen (secondary N) is 1. The van der Waals surface area contributed by atoms with Crippen LogP contribution in [0.2, 0.25) is 0 Å². The Labute approximate surface area is 175 Å². The number of anilines is 1. The Bertz CT molecular complexity index is 1040. The molecule has 156 valence electrons. The lowest BCUT2D eigenvalue weighted by Crippen LogP contribution is -2.30. The van der Waals surface area contributed by atoms with Crippen LogP contribution in [0, 0.1) is 5.92 Å². The highest BCUT2D eigenvalue weighted by atomic mass is 16.7. The normalized spacial score (nSPS) is 17.4. The number of methoxy groups -OCH3 is 2. The monoisotopic (exact) mass is 407 g/mol. The zero-order chi connectivity index (χ0) is 21.4. The third-order valence-electron chi connectivity index (χ3n) is 6.17. The minimum Gasteiger partial charge on any atom is -0.379 e. The predicted octanol–water partition coefficient (Wildman–Crippen LogP) is 3.19. The number of fused-ring (bicyclic) bond motifs is 3. The summed E-state index contributed by atoms with van der Waals surface area (Å²) < 4.78 is 10.6. The predicted molar refractivity (Wildman–Crippen MR) is 112 cm³/mol. The van der Waals surface area contributed by atoms with Crippen LogP contribution in [0.3, 0.4) is 0 Å². The van der Waals surface area contributed by atoms with E-state index >= 15 is 0 Å². The van der Waals surface area contributed by atoms with Crippen molar-refractivity contribution in [3.05, 3.63) is 63.7 Å². The largest absolute Gasteiger partial charge is 0.379 e. The number of carbonyl (C=O) groups is 3. The van der Waals surface area contributed by atoms with Gasteiger partial charge in [0, 0.05) is 42.5 Å². The third kappa shape index (κ3) is 3.36. The van der Waals surface area contributed by atoms with Gasteiger partial charge in [-0.25, -0.2) is 0 Å². The van der Waals surface area contributed by atoms with E-state index in [-0.39, 0.29) is 23.3 Å². The van der Waals surface area contributed by atoms with E-state index < -0.39 is 6.29 Å². The van der Waals surface area contributed by atoms with Crippen LogP contribution >= 0.6 is 0 Å². The van der Waals surface area contributed by atoms with Gasteiger partial charge in [0.1, 0.15) is 5.78 Å². The Morgan fingerprint density at radius 3 is 2.40 bits per heavy atom. The Morgan fingerprint density at radius 2 is 1.77 bits per heavy atom. The van der Waals surface area contributed by atoms with Gasteiger partial charge in [-0.3, -0.25) is 14.4 Å². The van der Waals surface area contributed by atoms with Crippen LogP contribution in [0.15, 0.2) is 30.3 Å². The van der Waals surface area contributed by atoms with Crippen LogP contribution in [0.25, 0.3) is 0 Å². The Morgan fingerprint density at radius 1 is 1.10 bits per heavy atom. The fourth-order valence-electron chi connectivity index (χ4n) is 4.48. The molecule has 2 aromatic carbocycles. The van der Waals surface area contributed by atoms with Crippen molar-refractivity contribution in [3.63, 3.8) is 0 Å². The summed E-state index contributed by atoms with van der Waals surface area (Å²) in [5.41, 5.74) is 4.23. The molecule has 2 aromatic rings. The molecule has 1 N–H and O–H groups in total. The van der Waals surface area contributed by atoms with Crippen molar-refractivity contribution < 1.29 is 23.9 Å². The summed E-state index contributed by atoms with van der Waals surface area (Å²) in [7, 11) is 3.09. The van der Waals surface area contributed by atoms with Crippen molar-refractivity contribution in [2.45, 2.75) is 32.5 Å². The van der Waals surface area contributed by atoms with Gasteiger partial charge in [-0.15, -0.1) is 0 Å². The van der Waals surface area contributed by atoms with Crippen molar-refractivity contribution in [3.8, 4) is 0 Å². The first-order chi connectivity index (χ1) is 14.5. The number of hydrogen-bond donors (Lipinski definition) is 1. The van der Waals surface area contributed by atoms with Gasteiger partial charge >= 0.3 is 0 Å². The van der Waals surface area contributed by atoms with Crippen LogP contribution in [0.4, 0.5) is 5.69 Å². The Hall–Kier alpha value is -2.83. The van der Waals surface area contributed by atoms with E-state index in [9.17, 15) is 14.4 Å². The fourth-order valence-corrected chi connectivity index (χ4v) is 4.48. The second kappa shape index (κ2) is 8.13. The van der Waals surface area contributed by atoms with E-state index in [0.717, 1.165) is 17.5 Å². The summed E-state index contributed by atoms with van der Waals surface area (Å²) in [6.45, 7) is 1.92. The zero-order valence-corrected chi connectivity index (χ0v) is 17.4. The van der Waals surface area contributed by atoms with Gasteiger partial charge < -0.3 is 14.8 Å². The molecular formula is C24H25NO5. The number of hydrogen-bond acceptors (Lipinski definition) is 6. The molecule has 2 aliphatic rings. The molecule has 0 saturated heterocycles. The molecule has 1 atom stereocenters. The van der Waals surface area contributed by atoms with Crippen LogP contribution in [0.5, 0.6) is 0 Å². The van der Waals surface area contributed by atoms with E-state index in [1.54, 1.807) is 45.4 Å². The van der Waals surface area contributed by atoms with Gasteiger partial charge in [0.2, 0.25) is 0 Å². The molecular weight excluding hydrogens is 382 g/mol. The van der Waals surface area contributed by atoms with E-state index in [1.165, 1.54) is 0 Å². The first-order valence-electron chi connectivity index (χ1n) is 10.1. The van der Waals surface area contributed by atoms with Crippen LogP contribution < -0.4 is 5.32 Å². The molecule has 0 aliphatic heterocycles. The highest BCUT2D eigenvalue weighted by Gasteiger charge is 2.36. The van der Waals surface area contributed by atoms with E-state index in [1.807, 2.05) is 6.07 Å². The number of ether oxygens (including phenoxy) is 2. The second-order valence-electron chi connectivity index (χ2n) is 7.85. The molecule has 30 heavy (non-hydrogen) atoms. The number of carbonyl (C=O) groups excluding carboxylic acids is 3. The first-order valence-corrected chi connectivity index (χ1v) is 10.1. The second-order valence-corrected chi connectivity index (χ2v) is 7.85. The van der Waals surface area contributed by atoms with Gasteiger partial charge in [0.05, 0.1) is 12.1 Å². The molecule has 0 spiro atoms. The standard InChI is InChI=1S/C24H25NO5/c1-13(26)14-8-9-15-11-19-21(22(18(15)10-14)25-12-20(29-2)30-3)24(28)17-7-5-4-6-16(17)23(19)27/h4-7,11,14,20,25H,8-10,12H2,1-3H3. The molecule has 1 unspecified atom stereocenters. The summed E-state index contributed by atoms with van der Waals surface area (Å²) in [5, 5.41) is 3.31. The summed E-state index contributed by atoms with van der Waals surface area (Å²) in [6, 6.07) is 8.77. The summed E-state index contributed by atoms with van der Waals surface area (Å²) in [4.78, 5) is 38.7. The third-order valence-corrected chi connectivity index (χ3v) is 6.17. The van der Waals surface area contributed by atoms with Gasteiger partial charge in [-0.1, -0.05) is 24.3 Å². The van der Waals surface area contributed by atoms with Gasteiger partial charge in [-0.05, 0) is 43.4 Å². The number of Topliss-reactive ketones (excluding diaryl/α,β-unsaturated/α-hetero) is 1. The topological polar surface area (TPSA) is 81.7 Å². The molecule has 0 radical (unpaired) electrons. The van der Waals surface area contributed by atoms with E-state index in [0.29, 0.717) is 47.3 Å². The molecule has 0 fully saturated rings. The minimum absolute atomic E-state index is 0.0848. The van der Waals surface area contributed by atoms with Crippen molar-refractivity contribution in [2.75, 3.05) is 26.1 Å². The maximum Gasteiger partial charge on any atom is 0.196 e. The number of benzene rings is 2. The molecule has 6 nitrogen and oxygen atoms in total. The van der Waals surface area contributed by atoms with Crippen molar-refractivity contribution in [2.24, 2.45) is 5.92 Å². The highest BCUT2D eigenvalue weighted by molar-refractivity contribution is 6.30. The molecule has 0 amide bonds. The van der Waals surface area contributed by atoms with Gasteiger partial charge in [-0.2, -0.15) is 0 Å². The number of rotatable bonds is 6.